The molecule has 0 amide bonds. The highest BCUT2D eigenvalue weighted by molar-refractivity contribution is 14.1. The van der Waals surface area contributed by atoms with Gasteiger partial charge in [-0.2, -0.15) is 19.2 Å². The lowest BCUT2D eigenvalue weighted by molar-refractivity contribution is -0.193. The lowest BCUT2D eigenvalue weighted by Crippen LogP contribution is -1.79. The molecule has 0 unspecified atom stereocenters. The number of rotatable bonds is 0. The first-order valence-corrected chi connectivity index (χ1v) is 8.41. The maximum Gasteiger partial charge on any atom is 0.373 e. The van der Waals surface area contributed by atoms with E-state index < -0.39 is 0 Å². The third-order valence-corrected chi connectivity index (χ3v) is 3.79. The third kappa shape index (κ3) is 15.3. The Hall–Kier alpha value is -1.34. The molecule has 122 valence electrons. The molecule has 0 fully saturated rings. The monoisotopic (exact) mass is 538 g/mol. The van der Waals surface area contributed by atoms with E-state index in [0.29, 0.717) is 0 Å². The molecule has 6 heteroatoms. The van der Waals surface area contributed by atoms with Crippen LogP contribution in [0, 0.1) is 27.9 Å². The molecule has 0 bridgehead atoms. The minimum Gasteiger partial charge on any atom is -0.186 e. The van der Waals surface area contributed by atoms with Gasteiger partial charge in [-0.1, -0.05) is 23.8 Å². The van der Waals surface area contributed by atoms with Crippen LogP contribution < -0.4 is 0 Å². The van der Waals surface area contributed by atoms with Crippen LogP contribution in [0.1, 0.15) is 16.7 Å². The van der Waals surface area contributed by atoms with Crippen LogP contribution in [-0.4, -0.2) is 12.3 Å². The smallest absolute Gasteiger partial charge is 0.186 e. The van der Waals surface area contributed by atoms with E-state index in [1.165, 1.54) is 23.8 Å². The molecule has 0 radical (unpaired) electrons. The minimum absolute atomic E-state index is 0.250. The van der Waals surface area contributed by atoms with E-state index in [4.69, 9.17) is 19.2 Å². The molecule has 2 rings (SSSR count). The van der Waals surface area contributed by atoms with Crippen LogP contribution in [0.3, 0.4) is 0 Å². The zero-order valence-corrected chi connectivity index (χ0v) is 17.2. The number of aryl methyl sites for hydroxylation is 3. The van der Waals surface area contributed by atoms with E-state index in [9.17, 15) is 0 Å². The van der Waals surface area contributed by atoms with Gasteiger partial charge in [-0.25, -0.2) is 0 Å². The van der Waals surface area contributed by atoms with Crippen molar-refractivity contribution in [2.75, 3.05) is 0 Å². The zero-order chi connectivity index (χ0) is 18.3. The van der Waals surface area contributed by atoms with Crippen LogP contribution in [-0.2, 0) is 19.2 Å². The highest BCUT2D eigenvalue weighted by Gasteiger charge is 1.90. The molecule has 0 aliphatic heterocycles. The number of hydrogen-bond donors (Lipinski definition) is 0. The molecular formula is C17H16I2O4. The molecule has 0 saturated heterocycles. The Kier molecular flexibility index (Phi) is 16.2. The van der Waals surface area contributed by atoms with Crippen molar-refractivity contribution >= 4 is 57.5 Å². The first-order chi connectivity index (χ1) is 10.8. The lowest BCUT2D eigenvalue weighted by Gasteiger charge is -1.97. The Morgan fingerprint density at radius 2 is 1.17 bits per heavy atom. The summed E-state index contributed by atoms with van der Waals surface area (Å²) in [4.78, 5) is 32.5. The van der Waals surface area contributed by atoms with Crippen molar-refractivity contribution in [3.8, 4) is 0 Å². The van der Waals surface area contributed by atoms with Crippen LogP contribution >= 0.6 is 45.2 Å². The highest BCUT2D eigenvalue weighted by Crippen LogP contribution is 2.10. The van der Waals surface area contributed by atoms with Gasteiger partial charge in [0.1, 0.15) is 0 Å². The van der Waals surface area contributed by atoms with Gasteiger partial charge in [0.25, 0.3) is 0 Å². The maximum atomic E-state index is 8.12. The van der Waals surface area contributed by atoms with E-state index >= 15 is 0 Å². The quantitative estimate of drug-likeness (QED) is 0.469. The summed E-state index contributed by atoms with van der Waals surface area (Å²) in [5.41, 5.74) is 4.08. The molecular weight excluding hydrogens is 522 g/mol. The van der Waals surface area contributed by atoms with Crippen molar-refractivity contribution in [3.05, 3.63) is 66.3 Å². The number of hydrogen-bond acceptors (Lipinski definition) is 4. The summed E-state index contributed by atoms with van der Waals surface area (Å²) in [6.07, 6.45) is 0.500. The molecule has 0 spiro atoms. The average Bonchev–Trinajstić information content (AvgIpc) is 2.45. The molecule has 0 atom stereocenters. The van der Waals surface area contributed by atoms with Gasteiger partial charge >= 0.3 is 12.3 Å². The SMILES string of the molecule is Cc1ccc(I)cc1C.Cc1cccc(I)c1.O=C=O.O=C=O. The predicted octanol–water partition coefficient (Wildman–Crippen LogP) is 4.34. The van der Waals surface area contributed by atoms with Gasteiger partial charge in [0.2, 0.25) is 0 Å². The molecule has 0 saturated carbocycles. The molecule has 0 aromatic heterocycles. The molecule has 0 N–H and O–H groups in total. The fourth-order valence-electron chi connectivity index (χ4n) is 1.31. The van der Waals surface area contributed by atoms with Gasteiger partial charge in [0.05, 0.1) is 0 Å². The lowest BCUT2D eigenvalue weighted by atomic mass is 10.1. The molecule has 0 aliphatic rings. The van der Waals surface area contributed by atoms with Gasteiger partial charge in [-0.3, -0.25) is 0 Å². The summed E-state index contributed by atoms with van der Waals surface area (Å²) in [5, 5.41) is 0. The van der Waals surface area contributed by atoms with Gasteiger partial charge in [-0.15, -0.1) is 0 Å². The van der Waals surface area contributed by atoms with Crippen molar-refractivity contribution in [1.29, 1.82) is 0 Å². The van der Waals surface area contributed by atoms with Crippen molar-refractivity contribution in [2.24, 2.45) is 0 Å². The Balaban J connectivity index is 0. The van der Waals surface area contributed by atoms with Crippen molar-refractivity contribution < 1.29 is 19.2 Å². The van der Waals surface area contributed by atoms with Crippen molar-refractivity contribution in [1.82, 2.24) is 0 Å². The Labute approximate surface area is 163 Å². The molecule has 2 aromatic carbocycles. The number of carbonyl (C=O) groups excluding carboxylic acids is 4. The average molecular weight is 538 g/mol. The second-order valence-electron chi connectivity index (χ2n) is 4.19. The summed E-state index contributed by atoms with van der Waals surface area (Å²) >= 11 is 4.63. The fourth-order valence-corrected chi connectivity index (χ4v) is 2.66. The summed E-state index contributed by atoms with van der Waals surface area (Å²) < 4.78 is 2.62. The predicted molar refractivity (Wildman–Crippen MR) is 103 cm³/mol. The fraction of sp³-hybridized carbons (Fsp3) is 0.176. The molecule has 4 nitrogen and oxygen atoms in total. The van der Waals surface area contributed by atoms with Crippen LogP contribution in [0.15, 0.2) is 42.5 Å². The van der Waals surface area contributed by atoms with E-state index in [0.717, 1.165) is 0 Å². The standard InChI is InChI=1S/C8H9I.C7H7I.2CO2/c1-6-3-4-8(9)5-7(6)2;1-6-3-2-4-7(8)5-6;2*2-1-3/h3-5H,1-2H3;2-5H,1H3;;. The van der Waals surface area contributed by atoms with Crippen molar-refractivity contribution in [3.63, 3.8) is 0 Å². The maximum absolute atomic E-state index is 8.12. The highest BCUT2D eigenvalue weighted by atomic mass is 127. The normalized spacial score (nSPS) is 7.70. The second kappa shape index (κ2) is 15.6. The second-order valence-corrected chi connectivity index (χ2v) is 6.69. The zero-order valence-electron chi connectivity index (χ0n) is 12.9. The van der Waals surface area contributed by atoms with Gasteiger partial charge in [-0.05, 0) is 101 Å². The molecule has 2 aromatic rings. The first-order valence-electron chi connectivity index (χ1n) is 6.25. The molecule has 23 heavy (non-hydrogen) atoms. The summed E-state index contributed by atoms with van der Waals surface area (Å²) in [6.45, 7) is 6.37. The van der Waals surface area contributed by atoms with Gasteiger partial charge < -0.3 is 0 Å². The number of halogens is 2. The third-order valence-electron chi connectivity index (χ3n) is 2.45. The summed E-state index contributed by atoms with van der Waals surface area (Å²) in [7, 11) is 0. The van der Waals surface area contributed by atoms with Crippen LogP contribution in [0.4, 0.5) is 0 Å². The van der Waals surface area contributed by atoms with Gasteiger partial charge in [0.15, 0.2) is 0 Å². The van der Waals surface area contributed by atoms with E-state index in [2.05, 4.69) is 108 Å². The van der Waals surface area contributed by atoms with Crippen LogP contribution in [0.2, 0.25) is 0 Å². The Morgan fingerprint density at radius 3 is 1.48 bits per heavy atom. The minimum atomic E-state index is 0.250. The summed E-state index contributed by atoms with van der Waals surface area (Å²) in [5.74, 6) is 0. The Morgan fingerprint density at radius 1 is 0.696 bits per heavy atom. The van der Waals surface area contributed by atoms with E-state index in [-0.39, 0.29) is 12.3 Å². The van der Waals surface area contributed by atoms with E-state index in [1.54, 1.807) is 0 Å². The largest absolute Gasteiger partial charge is 0.373 e. The topological polar surface area (TPSA) is 68.3 Å². The Bertz CT molecular complexity index is 628. The van der Waals surface area contributed by atoms with E-state index in [1.807, 2.05) is 0 Å². The summed E-state index contributed by atoms with van der Waals surface area (Å²) in [6, 6.07) is 14.9. The first kappa shape index (κ1) is 23.9. The van der Waals surface area contributed by atoms with Gasteiger partial charge in [0, 0.05) is 7.14 Å². The van der Waals surface area contributed by atoms with Crippen LogP contribution in [0.5, 0.6) is 0 Å². The van der Waals surface area contributed by atoms with Crippen LogP contribution in [0.25, 0.3) is 0 Å². The molecule has 0 aliphatic carbocycles. The molecule has 0 heterocycles. The van der Waals surface area contributed by atoms with Crippen molar-refractivity contribution in [2.45, 2.75) is 20.8 Å². The number of benzene rings is 2.